The fourth-order valence-corrected chi connectivity index (χ4v) is 1.25. The summed E-state index contributed by atoms with van der Waals surface area (Å²) in [5.41, 5.74) is -0.110. The van der Waals surface area contributed by atoms with Gasteiger partial charge < -0.3 is 9.84 Å². The smallest absolute Gasteiger partial charge is 0.359 e. The summed E-state index contributed by atoms with van der Waals surface area (Å²) >= 11 is 0. The van der Waals surface area contributed by atoms with E-state index in [1.807, 2.05) is 13.8 Å². The molecule has 0 spiro atoms. The molecule has 0 atom stereocenters. The predicted molar refractivity (Wildman–Crippen MR) is 63.6 cm³/mol. The Hall–Kier alpha value is -1.98. The fourth-order valence-electron chi connectivity index (χ4n) is 1.25. The average molecular weight is 252 g/mol. The van der Waals surface area contributed by atoms with Gasteiger partial charge in [-0.3, -0.25) is 0 Å². The lowest BCUT2D eigenvalue weighted by atomic mass is 10.1. The highest BCUT2D eigenvalue weighted by molar-refractivity contribution is 5.99. The van der Waals surface area contributed by atoms with Crippen molar-refractivity contribution in [3.05, 3.63) is 23.3 Å². The molecule has 0 aliphatic rings. The zero-order valence-corrected chi connectivity index (χ0v) is 10.8. The van der Waals surface area contributed by atoms with Gasteiger partial charge in [-0.05, 0) is 19.8 Å². The fraction of sp³-hybridized carbons (Fsp3) is 0.500. The van der Waals surface area contributed by atoms with Crippen LogP contribution in [0.1, 0.15) is 60.3 Å². The lowest BCUT2D eigenvalue weighted by Gasteiger charge is -2.10. The van der Waals surface area contributed by atoms with Crippen molar-refractivity contribution < 1.29 is 19.4 Å². The van der Waals surface area contributed by atoms with Gasteiger partial charge in [0.05, 0.1) is 11.8 Å². The number of carboxylic acids is 1. The second-order valence-electron chi connectivity index (χ2n) is 4.41. The number of aromatic nitrogens is 2. The summed E-state index contributed by atoms with van der Waals surface area (Å²) in [6, 6.07) is 0. The molecule has 98 valence electrons. The van der Waals surface area contributed by atoms with Gasteiger partial charge in [-0.1, -0.05) is 13.8 Å². The van der Waals surface area contributed by atoms with E-state index in [1.165, 1.54) is 6.20 Å². The Kier molecular flexibility index (Phi) is 4.36. The van der Waals surface area contributed by atoms with E-state index < -0.39 is 11.9 Å². The van der Waals surface area contributed by atoms with Crippen molar-refractivity contribution in [3.63, 3.8) is 0 Å². The summed E-state index contributed by atoms with van der Waals surface area (Å²) in [5.74, 6) is -2.03. The normalized spacial score (nSPS) is 10.8. The largest absolute Gasteiger partial charge is 0.476 e. The summed E-state index contributed by atoms with van der Waals surface area (Å²) in [4.78, 5) is 30.5. The van der Waals surface area contributed by atoms with Gasteiger partial charge in [0.1, 0.15) is 0 Å². The quantitative estimate of drug-likeness (QED) is 0.823. The van der Waals surface area contributed by atoms with Gasteiger partial charge in [-0.2, -0.15) is 0 Å². The standard InChI is InChI=1S/C12H16N2O4/c1-6(2)8-5-13-10(9(14-8)11(15)16)12(17)18-7(3)4/h5-7H,1-4H3,(H,15,16). The van der Waals surface area contributed by atoms with Crippen LogP contribution in [0, 0.1) is 0 Å². The van der Waals surface area contributed by atoms with E-state index in [9.17, 15) is 9.59 Å². The minimum absolute atomic E-state index is 0.0331. The molecular formula is C12H16N2O4. The number of aromatic carboxylic acids is 1. The summed E-state index contributed by atoms with van der Waals surface area (Å²) in [6.45, 7) is 7.08. The summed E-state index contributed by atoms with van der Waals surface area (Å²) in [7, 11) is 0. The minimum atomic E-state index is -1.29. The molecule has 0 aliphatic carbocycles. The molecule has 0 bridgehead atoms. The van der Waals surface area contributed by atoms with Crippen LogP contribution >= 0.6 is 0 Å². The Labute approximate surface area is 105 Å². The van der Waals surface area contributed by atoms with Crippen LogP contribution in [0.2, 0.25) is 0 Å². The SMILES string of the molecule is CC(C)OC(=O)c1ncc(C(C)C)nc1C(=O)O. The van der Waals surface area contributed by atoms with E-state index in [0.717, 1.165) is 0 Å². The maximum atomic E-state index is 11.7. The first-order valence-electron chi connectivity index (χ1n) is 5.64. The molecular weight excluding hydrogens is 236 g/mol. The summed E-state index contributed by atoms with van der Waals surface area (Å²) in [5, 5.41) is 9.04. The summed E-state index contributed by atoms with van der Waals surface area (Å²) < 4.78 is 4.92. The van der Waals surface area contributed by atoms with Crippen molar-refractivity contribution in [1.82, 2.24) is 9.97 Å². The van der Waals surface area contributed by atoms with Crippen LogP contribution in [0.15, 0.2) is 6.20 Å². The second-order valence-corrected chi connectivity index (χ2v) is 4.41. The van der Waals surface area contributed by atoms with Crippen LogP contribution in [0.5, 0.6) is 0 Å². The molecule has 0 amide bonds. The number of carboxylic acid groups (broad SMARTS) is 1. The highest BCUT2D eigenvalue weighted by Crippen LogP contribution is 2.14. The predicted octanol–water partition coefficient (Wildman–Crippen LogP) is 1.86. The molecule has 18 heavy (non-hydrogen) atoms. The van der Waals surface area contributed by atoms with E-state index >= 15 is 0 Å². The molecule has 0 fully saturated rings. The van der Waals surface area contributed by atoms with Gasteiger partial charge in [0.15, 0.2) is 11.4 Å². The number of ether oxygens (including phenoxy) is 1. The average Bonchev–Trinajstić information content (AvgIpc) is 2.26. The maximum absolute atomic E-state index is 11.7. The number of hydrogen-bond donors (Lipinski definition) is 1. The molecule has 6 nitrogen and oxygen atoms in total. The van der Waals surface area contributed by atoms with E-state index in [1.54, 1.807) is 13.8 Å². The van der Waals surface area contributed by atoms with Crippen LogP contribution in [0.4, 0.5) is 0 Å². The molecule has 0 aromatic carbocycles. The monoisotopic (exact) mass is 252 g/mol. The maximum Gasteiger partial charge on any atom is 0.359 e. The molecule has 1 rings (SSSR count). The van der Waals surface area contributed by atoms with Gasteiger partial charge >= 0.3 is 11.9 Å². The van der Waals surface area contributed by atoms with Crippen molar-refractivity contribution >= 4 is 11.9 Å². The lowest BCUT2D eigenvalue weighted by Crippen LogP contribution is -2.19. The molecule has 1 N–H and O–H groups in total. The van der Waals surface area contributed by atoms with Gasteiger partial charge in [-0.15, -0.1) is 0 Å². The van der Waals surface area contributed by atoms with E-state index in [4.69, 9.17) is 9.84 Å². The van der Waals surface area contributed by atoms with Crippen molar-refractivity contribution in [2.75, 3.05) is 0 Å². The molecule has 1 heterocycles. The third-order valence-electron chi connectivity index (χ3n) is 2.12. The minimum Gasteiger partial charge on any atom is -0.476 e. The number of esters is 1. The highest BCUT2D eigenvalue weighted by Gasteiger charge is 2.23. The van der Waals surface area contributed by atoms with Crippen LogP contribution in [0.25, 0.3) is 0 Å². The molecule has 1 aromatic rings. The number of nitrogens with zero attached hydrogens (tertiary/aromatic N) is 2. The van der Waals surface area contributed by atoms with Gasteiger partial charge in [0, 0.05) is 6.20 Å². The number of hydrogen-bond acceptors (Lipinski definition) is 5. The Morgan fingerprint density at radius 1 is 1.22 bits per heavy atom. The number of rotatable bonds is 4. The van der Waals surface area contributed by atoms with Crippen molar-refractivity contribution in [2.45, 2.75) is 39.7 Å². The molecule has 0 unspecified atom stereocenters. The second kappa shape index (κ2) is 5.57. The van der Waals surface area contributed by atoms with Crippen LogP contribution in [0.3, 0.4) is 0 Å². The molecule has 1 aromatic heterocycles. The Morgan fingerprint density at radius 3 is 2.28 bits per heavy atom. The van der Waals surface area contributed by atoms with E-state index in [0.29, 0.717) is 5.69 Å². The first-order valence-corrected chi connectivity index (χ1v) is 5.64. The summed E-state index contributed by atoms with van der Waals surface area (Å²) in [6.07, 6.45) is 1.05. The lowest BCUT2D eigenvalue weighted by molar-refractivity contribution is 0.0362. The highest BCUT2D eigenvalue weighted by atomic mass is 16.5. The third kappa shape index (κ3) is 3.26. The number of carbonyl (C=O) groups is 2. The Balaban J connectivity index is 3.19. The van der Waals surface area contributed by atoms with Gasteiger partial charge in [0.2, 0.25) is 0 Å². The first kappa shape index (κ1) is 14.1. The van der Waals surface area contributed by atoms with Gasteiger partial charge in [0.25, 0.3) is 0 Å². The van der Waals surface area contributed by atoms with Crippen LogP contribution in [-0.2, 0) is 4.74 Å². The zero-order valence-electron chi connectivity index (χ0n) is 10.8. The molecule has 0 radical (unpaired) electrons. The third-order valence-corrected chi connectivity index (χ3v) is 2.12. The molecule has 0 saturated carbocycles. The molecule has 6 heteroatoms. The topological polar surface area (TPSA) is 89.4 Å². The van der Waals surface area contributed by atoms with Crippen molar-refractivity contribution in [1.29, 1.82) is 0 Å². The molecule has 0 aliphatic heterocycles. The zero-order chi connectivity index (χ0) is 13.9. The van der Waals surface area contributed by atoms with Crippen molar-refractivity contribution in [2.24, 2.45) is 0 Å². The van der Waals surface area contributed by atoms with Crippen LogP contribution in [-0.4, -0.2) is 33.1 Å². The van der Waals surface area contributed by atoms with Crippen LogP contribution < -0.4 is 0 Å². The Morgan fingerprint density at radius 2 is 1.83 bits per heavy atom. The van der Waals surface area contributed by atoms with Crippen molar-refractivity contribution in [3.8, 4) is 0 Å². The number of carbonyl (C=O) groups excluding carboxylic acids is 1. The first-order chi connectivity index (χ1) is 8.32. The van der Waals surface area contributed by atoms with Gasteiger partial charge in [-0.25, -0.2) is 19.6 Å². The van der Waals surface area contributed by atoms with E-state index in [2.05, 4.69) is 9.97 Å². The molecule has 0 saturated heterocycles. The Bertz CT molecular complexity index is 469. The van der Waals surface area contributed by atoms with E-state index in [-0.39, 0.29) is 23.4 Å².